The van der Waals surface area contributed by atoms with Crippen molar-refractivity contribution in [3.8, 4) is 0 Å². The molecule has 1 saturated carbocycles. The Morgan fingerprint density at radius 1 is 0.913 bits per heavy atom. The number of carbonyl (C=O) groups excluding carboxylic acids is 5. The van der Waals surface area contributed by atoms with Gasteiger partial charge >= 0.3 is 23.9 Å². The van der Waals surface area contributed by atoms with Gasteiger partial charge in [0.2, 0.25) is 6.10 Å². The maximum absolute atomic E-state index is 14.2. The molecule has 0 spiro atoms. The highest BCUT2D eigenvalue weighted by atomic mass is 16.6. The second-order valence-electron chi connectivity index (χ2n) is 13.3. The van der Waals surface area contributed by atoms with E-state index in [0.717, 1.165) is 13.8 Å². The third-order valence-electron chi connectivity index (χ3n) is 8.75. The molecule has 0 saturated heterocycles. The van der Waals surface area contributed by atoms with Crippen LogP contribution in [0.15, 0.2) is 54.6 Å². The number of benzene rings is 1. The molecule has 252 valence electrons. The second kappa shape index (κ2) is 14.3. The summed E-state index contributed by atoms with van der Waals surface area (Å²) in [4.78, 5) is 65.6. The first-order valence-corrected chi connectivity index (χ1v) is 15.5. The number of hydrogen-bond donors (Lipinski definition) is 2. The van der Waals surface area contributed by atoms with Gasteiger partial charge < -0.3 is 29.2 Å². The molecule has 0 aromatic heterocycles. The molecule has 0 aliphatic heterocycles. The molecule has 11 nitrogen and oxygen atoms in total. The van der Waals surface area contributed by atoms with E-state index in [4.69, 9.17) is 18.9 Å². The van der Waals surface area contributed by atoms with Crippen LogP contribution in [0, 0.1) is 29.1 Å². The first-order valence-electron chi connectivity index (χ1n) is 15.5. The van der Waals surface area contributed by atoms with Gasteiger partial charge in [-0.1, -0.05) is 64.6 Å². The smallest absolute Gasteiger partial charge is 0.338 e. The molecule has 2 N–H and O–H groups in total. The van der Waals surface area contributed by atoms with Crippen molar-refractivity contribution >= 4 is 29.7 Å². The number of carbonyl (C=O) groups is 5. The van der Waals surface area contributed by atoms with Crippen molar-refractivity contribution in [1.29, 1.82) is 0 Å². The molecule has 0 heterocycles. The summed E-state index contributed by atoms with van der Waals surface area (Å²) in [7, 11) is 0. The van der Waals surface area contributed by atoms with Crippen LogP contribution in [-0.4, -0.2) is 76.0 Å². The van der Waals surface area contributed by atoms with Gasteiger partial charge in [0.1, 0.15) is 17.8 Å². The van der Waals surface area contributed by atoms with Crippen LogP contribution in [0.4, 0.5) is 0 Å². The van der Waals surface area contributed by atoms with E-state index in [2.05, 4.69) is 6.58 Å². The molecule has 3 rings (SSSR count). The van der Waals surface area contributed by atoms with E-state index < -0.39 is 94.9 Å². The summed E-state index contributed by atoms with van der Waals surface area (Å²) in [5.41, 5.74) is -3.36. The lowest BCUT2D eigenvalue weighted by molar-refractivity contribution is -0.181. The number of aliphatic hydroxyl groups is 2. The lowest BCUT2D eigenvalue weighted by atomic mass is 9.72. The van der Waals surface area contributed by atoms with Gasteiger partial charge in [0.05, 0.1) is 23.5 Å². The summed E-state index contributed by atoms with van der Waals surface area (Å²) in [5, 5.41) is 24.2. The molecule has 1 aromatic carbocycles. The monoisotopic (exact) mass is 642 g/mol. The third kappa shape index (κ3) is 7.75. The number of esters is 4. The average molecular weight is 643 g/mol. The number of rotatable bonds is 6. The highest BCUT2D eigenvalue weighted by Gasteiger charge is 2.62. The van der Waals surface area contributed by atoms with Crippen LogP contribution in [-0.2, 0) is 38.1 Å². The molecule has 0 bridgehead atoms. The predicted octanol–water partition coefficient (Wildman–Crippen LogP) is 3.75. The van der Waals surface area contributed by atoms with Crippen molar-refractivity contribution in [1.82, 2.24) is 0 Å². The minimum absolute atomic E-state index is 0.0822. The highest BCUT2D eigenvalue weighted by Crippen LogP contribution is 2.50. The number of ether oxygens (including phenoxy) is 4. The molecule has 2 aliphatic carbocycles. The lowest BCUT2D eigenvalue weighted by Crippen LogP contribution is -2.58. The fraction of sp³-hybridized carbons (Fsp3) is 0.571. The fourth-order valence-electron chi connectivity index (χ4n) is 6.26. The van der Waals surface area contributed by atoms with Gasteiger partial charge in [-0.25, -0.2) is 4.79 Å². The third-order valence-corrected chi connectivity index (χ3v) is 8.75. The molecular formula is C35H46O11. The minimum atomic E-state index is -2.05. The fourth-order valence-corrected chi connectivity index (χ4v) is 6.26. The van der Waals surface area contributed by atoms with E-state index in [1.807, 2.05) is 0 Å². The molecule has 1 fully saturated rings. The van der Waals surface area contributed by atoms with Gasteiger partial charge in [0, 0.05) is 30.8 Å². The molecule has 11 heteroatoms. The predicted molar refractivity (Wildman–Crippen MR) is 166 cm³/mol. The molecule has 46 heavy (non-hydrogen) atoms. The van der Waals surface area contributed by atoms with E-state index in [1.165, 1.54) is 6.08 Å². The SMILES string of the molecule is C=C1C(OC(C)=O)C(OC(=O)C(C)C)C(=O)C(C)(C)C=CC(C)C(O)C2(O)CC(C)C(OC(=O)c3ccccc3)C2C1OC(C)=O. The zero-order chi connectivity index (χ0) is 34.7. The maximum atomic E-state index is 14.2. The maximum Gasteiger partial charge on any atom is 0.338 e. The Labute approximate surface area is 269 Å². The summed E-state index contributed by atoms with van der Waals surface area (Å²) in [5.74, 6) is -7.20. The van der Waals surface area contributed by atoms with Crippen LogP contribution >= 0.6 is 0 Å². The molecular weight excluding hydrogens is 596 g/mol. The van der Waals surface area contributed by atoms with E-state index in [-0.39, 0.29) is 17.6 Å². The van der Waals surface area contributed by atoms with Crippen molar-refractivity contribution in [3.63, 3.8) is 0 Å². The summed E-state index contributed by atoms with van der Waals surface area (Å²) in [6.45, 7) is 15.9. The Balaban J connectivity index is 2.32. The normalized spacial score (nSPS) is 32.8. The van der Waals surface area contributed by atoms with Gasteiger partial charge in [-0.15, -0.1) is 0 Å². The van der Waals surface area contributed by atoms with Gasteiger partial charge in [-0.05, 0) is 38.3 Å². The average Bonchev–Trinajstić information content (AvgIpc) is 3.23. The van der Waals surface area contributed by atoms with Gasteiger partial charge in [0.15, 0.2) is 11.9 Å². The number of aliphatic hydroxyl groups excluding tert-OH is 1. The Kier molecular flexibility index (Phi) is 11.4. The van der Waals surface area contributed by atoms with Crippen molar-refractivity contribution in [2.75, 3.05) is 0 Å². The highest BCUT2D eigenvalue weighted by molar-refractivity contribution is 5.93. The van der Waals surface area contributed by atoms with E-state index in [9.17, 15) is 34.2 Å². The van der Waals surface area contributed by atoms with E-state index in [1.54, 1.807) is 78.0 Å². The van der Waals surface area contributed by atoms with Gasteiger partial charge in [-0.2, -0.15) is 0 Å². The number of ketones is 1. The van der Waals surface area contributed by atoms with Crippen molar-refractivity contribution < 1.29 is 53.1 Å². The largest absolute Gasteiger partial charge is 0.458 e. The first-order chi connectivity index (χ1) is 21.3. The standard InChI is InChI=1S/C35H46O11/c1-18(2)32(40)46-29-28(44-23(7)37)21(5)27(43-22(6)36)25-26(45-33(41)24-13-11-10-12-14-24)20(4)17-35(25,42)30(38)19(3)15-16-34(8,9)31(29)39/h10-16,18-20,25-30,38,42H,5,17H2,1-4,6-9H3. The van der Waals surface area contributed by atoms with Crippen molar-refractivity contribution in [3.05, 3.63) is 60.2 Å². The van der Waals surface area contributed by atoms with Crippen LogP contribution in [0.3, 0.4) is 0 Å². The molecule has 1 aromatic rings. The van der Waals surface area contributed by atoms with E-state index in [0.29, 0.717) is 0 Å². The number of allylic oxidation sites excluding steroid dienone is 1. The summed E-state index contributed by atoms with van der Waals surface area (Å²) >= 11 is 0. The molecule has 9 unspecified atom stereocenters. The van der Waals surface area contributed by atoms with Crippen LogP contribution in [0.2, 0.25) is 0 Å². The van der Waals surface area contributed by atoms with Crippen LogP contribution in [0.25, 0.3) is 0 Å². The van der Waals surface area contributed by atoms with Crippen molar-refractivity contribution in [2.24, 2.45) is 29.1 Å². The van der Waals surface area contributed by atoms with Crippen LogP contribution < -0.4 is 0 Å². The van der Waals surface area contributed by atoms with Crippen LogP contribution in [0.5, 0.6) is 0 Å². The quantitative estimate of drug-likeness (QED) is 0.264. The molecule has 0 radical (unpaired) electrons. The molecule has 9 atom stereocenters. The molecule has 2 aliphatic rings. The van der Waals surface area contributed by atoms with Crippen molar-refractivity contribution in [2.45, 2.75) is 97.9 Å². The summed E-state index contributed by atoms with van der Waals surface area (Å²) in [6, 6.07) is 8.15. The minimum Gasteiger partial charge on any atom is -0.458 e. The topological polar surface area (TPSA) is 163 Å². The number of hydrogen-bond acceptors (Lipinski definition) is 11. The lowest BCUT2D eigenvalue weighted by Gasteiger charge is -2.44. The van der Waals surface area contributed by atoms with Gasteiger partial charge in [-0.3, -0.25) is 19.2 Å². The summed E-state index contributed by atoms with van der Waals surface area (Å²) < 4.78 is 23.1. The zero-order valence-electron chi connectivity index (χ0n) is 27.7. The number of fused-ring (bicyclic) bond motifs is 1. The Bertz CT molecular complexity index is 1360. The van der Waals surface area contributed by atoms with Gasteiger partial charge in [0.25, 0.3) is 0 Å². The second-order valence-corrected chi connectivity index (χ2v) is 13.3. The zero-order valence-corrected chi connectivity index (χ0v) is 27.7. The Hall–Kier alpha value is -3.83. The number of Topliss-reactive ketones (excluding diaryl/α,β-unsaturated/α-hetero) is 1. The van der Waals surface area contributed by atoms with Crippen LogP contribution in [0.1, 0.15) is 72.2 Å². The Morgan fingerprint density at radius 2 is 1.48 bits per heavy atom. The Morgan fingerprint density at radius 3 is 2.02 bits per heavy atom. The summed E-state index contributed by atoms with van der Waals surface area (Å²) in [6.07, 6.45) is -4.67. The van der Waals surface area contributed by atoms with E-state index >= 15 is 0 Å². The first kappa shape index (κ1) is 36.6. The molecule has 0 amide bonds.